The molecule has 0 aliphatic carbocycles. The van der Waals surface area contributed by atoms with Gasteiger partial charge in [-0.25, -0.2) is 0 Å². The SMILES string of the molecule is OCCO.SSc1ccc2ccc3cccc4ccc1c2c34. The Hall–Kier alpha value is -1.46. The third kappa shape index (κ3) is 2.63. The van der Waals surface area contributed by atoms with Gasteiger partial charge in [0.2, 0.25) is 0 Å². The molecule has 2 N–H and O–H groups in total. The van der Waals surface area contributed by atoms with Gasteiger partial charge in [0, 0.05) is 4.90 Å². The Labute approximate surface area is 137 Å². The molecule has 0 amide bonds. The molecule has 4 heteroatoms. The van der Waals surface area contributed by atoms with Gasteiger partial charge in [-0.15, -0.1) is 11.7 Å². The van der Waals surface area contributed by atoms with Crippen molar-refractivity contribution in [3.05, 3.63) is 54.6 Å². The average Bonchev–Trinajstić information content (AvgIpc) is 2.59. The first-order chi connectivity index (χ1) is 10.8. The van der Waals surface area contributed by atoms with Gasteiger partial charge in [-0.2, -0.15) is 0 Å². The summed E-state index contributed by atoms with van der Waals surface area (Å²) in [6.45, 7) is -0.250. The van der Waals surface area contributed by atoms with E-state index in [-0.39, 0.29) is 13.2 Å². The summed E-state index contributed by atoms with van der Waals surface area (Å²) in [6, 6.07) is 19.7. The maximum Gasteiger partial charge on any atom is 0.0662 e. The van der Waals surface area contributed by atoms with E-state index in [4.69, 9.17) is 10.2 Å². The van der Waals surface area contributed by atoms with Gasteiger partial charge >= 0.3 is 0 Å². The number of benzene rings is 4. The van der Waals surface area contributed by atoms with Crippen LogP contribution in [0.1, 0.15) is 0 Å². The topological polar surface area (TPSA) is 40.5 Å². The molecule has 0 heterocycles. The Morgan fingerprint density at radius 1 is 0.727 bits per heavy atom. The molecule has 0 aromatic heterocycles. The minimum atomic E-state index is -0.125. The van der Waals surface area contributed by atoms with E-state index in [0.29, 0.717) is 0 Å². The number of aliphatic hydroxyl groups is 2. The molecular formula is C18H16O2S2. The van der Waals surface area contributed by atoms with E-state index in [0.717, 1.165) is 0 Å². The number of thiol groups is 1. The maximum atomic E-state index is 7.62. The highest BCUT2D eigenvalue weighted by molar-refractivity contribution is 8.68. The highest BCUT2D eigenvalue weighted by Gasteiger charge is 2.09. The molecule has 112 valence electrons. The van der Waals surface area contributed by atoms with Gasteiger partial charge in [0.25, 0.3) is 0 Å². The van der Waals surface area contributed by atoms with Crippen molar-refractivity contribution in [2.24, 2.45) is 0 Å². The fourth-order valence-corrected chi connectivity index (χ4v) is 3.66. The molecule has 4 rings (SSSR count). The molecule has 22 heavy (non-hydrogen) atoms. The predicted molar refractivity (Wildman–Crippen MR) is 99.2 cm³/mol. The van der Waals surface area contributed by atoms with Gasteiger partial charge in [0.05, 0.1) is 13.2 Å². The summed E-state index contributed by atoms with van der Waals surface area (Å²) in [5, 5.41) is 23.2. The van der Waals surface area contributed by atoms with E-state index in [1.54, 1.807) is 0 Å². The van der Waals surface area contributed by atoms with E-state index >= 15 is 0 Å². The summed E-state index contributed by atoms with van der Waals surface area (Å²) in [5.74, 6) is 0. The lowest BCUT2D eigenvalue weighted by Gasteiger charge is -2.12. The van der Waals surface area contributed by atoms with Crippen molar-refractivity contribution < 1.29 is 10.2 Å². The van der Waals surface area contributed by atoms with E-state index in [2.05, 4.69) is 66.3 Å². The van der Waals surface area contributed by atoms with Crippen LogP contribution in [-0.2, 0) is 0 Å². The van der Waals surface area contributed by atoms with Gasteiger partial charge in [-0.1, -0.05) is 59.3 Å². The largest absolute Gasteiger partial charge is 0.394 e. The van der Waals surface area contributed by atoms with Crippen molar-refractivity contribution in [2.45, 2.75) is 4.90 Å². The van der Waals surface area contributed by atoms with E-state index in [1.165, 1.54) is 48.0 Å². The van der Waals surface area contributed by atoms with Crippen LogP contribution >= 0.6 is 22.5 Å². The molecule has 0 atom stereocenters. The zero-order valence-electron chi connectivity index (χ0n) is 11.9. The molecule has 0 unspecified atom stereocenters. The second kappa shape index (κ2) is 6.75. The second-order valence-corrected chi connectivity index (χ2v) is 6.13. The normalized spacial score (nSPS) is 11.0. The maximum absolute atomic E-state index is 7.62. The molecule has 0 fully saturated rings. The molecule has 0 saturated carbocycles. The van der Waals surface area contributed by atoms with Crippen LogP contribution in [0, 0.1) is 0 Å². The Kier molecular flexibility index (Phi) is 4.74. The van der Waals surface area contributed by atoms with Crippen molar-refractivity contribution in [3.8, 4) is 0 Å². The molecular weight excluding hydrogens is 312 g/mol. The average molecular weight is 328 g/mol. The van der Waals surface area contributed by atoms with Gasteiger partial charge in [-0.05, 0) is 38.4 Å². The molecule has 0 saturated heterocycles. The molecule has 0 aliphatic rings. The molecule has 0 spiro atoms. The minimum Gasteiger partial charge on any atom is -0.394 e. The zero-order chi connectivity index (χ0) is 15.5. The number of rotatable bonds is 2. The van der Waals surface area contributed by atoms with Crippen LogP contribution in [0.5, 0.6) is 0 Å². The van der Waals surface area contributed by atoms with E-state index in [9.17, 15) is 0 Å². The fourth-order valence-electron chi connectivity index (χ4n) is 2.79. The number of aliphatic hydroxyl groups excluding tert-OH is 2. The van der Waals surface area contributed by atoms with Crippen LogP contribution in [0.2, 0.25) is 0 Å². The minimum absolute atomic E-state index is 0.125. The van der Waals surface area contributed by atoms with Gasteiger partial charge in [-0.3, -0.25) is 0 Å². The quantitative estimate of drug-likeness (QED) is 0.288. The first-order valence-corrected chi connectivity index (χ1v) is 8.86. The monoisotopic (exact) mass is 328 g/mol. The predicted octanol–water partition coefficient (Wildman–Crippen LogP) is 4.49. The van der Waals surface area contributed by atoms with Gasteiger partial charge in [0.1, 0.15) is 0 Å². The van der Waals surface area contributed by atoms with Crippen molar-refractivity contribution in [3.63, 3.8) is 0 Å². The Balaban J connectivity index is 0.000000325. The highest BCUT2D eigenvalue weighted by atomic mass is 33.1. The Morgan fingerprint density at radius 2 is 1.27 bits per heavy atom. The summed E-state index contributed by atoms with van der Waals surface area (Å²) in [6.07, 6.45) is 0. The summed E-state index contributed by atoms with van der Waals surface area (Å²) in [4.78, 5) is 1.23. The van der Waals surface area contributed by atoms with E-state index in [1.807, 2.05) is 0 Å². The standard InChI is InChI=1S/C16H10S2.C2H6O2/c17-18-14-9-7-12-5-4-10-2-1-3-11-6-8-13(14)16(12)15(10)11;3-1-2-4/h1-9,17H;3-4H,1-2H2. The molecule has 2 nitrogen and oxygen atoms in total. The summed E-state index contributed by atoms with van der Waals surface area (Å²) >= 11 is 4.36. The lowest BCUT2D eigenvalue weighted by molar-refractivity contribution is 0.186. The number of hydrogen-bond acceptors (Lipinski definition) is 4. The molecule has 0 radical (unpaired) electrons. The second-order valence-electron chi connectivity index (χ2n) is 4.96. The van der Waals surface area contributed by atoms with Gasteiger partial charge < -0.3 is 10.2 Å². The van der Waals surface area contributed by atoms with Crippen LogP contribution in [0.4, 0.5) is 0 Å². The lowest BCUT2D eigenvalue weighted by Crippen LogP contribution is -1.85. The van der Waals surface area contributed by atoms with Crippen molar-refractivity contribution >= 4 is 54.8 Å². The molecule has 4 aromatic carbocycles. The fraction of sp³-hybridized carbons (Fsp3) is 0.111. The van der Waals surface area contributed by atoms with Crippen molar-refractivity contribution in [1.29, 1.82) is 0 Å². The van der Waals surface area contributed by atoms with Crippen LogP contribution in [-0.4, -0.2) is 23.4 Å². The Morgan fingerprint density at radius 3 is 1.86 bits per heavy atom. The van der Waals surface area contributed by atoms with Crippen LogP contribution in [0.25, 0.3) is 32.3 Å². The van der Waals surface area contributed by atoms with Crippen LogP contribution in [0.3, 0.4) is 0 Å². The third-order valence-corrected chi connectivity index (χ3v) is 4.83. The molecule has 0 bridgehead atoms. The van der Waals surface area contributed by atoms with Crippen LogP contribution in [0.15, 0.2) is 59.5 Å². The van der Waals surface area contributed by atoms with Crippen molar-refractivity contribution in [2.75, 3.05) is 13.2 Å². The summed E-state index contributed by atoms with van der Waals surface area (Å²) in [7, 11) is 1.52. The number of hydrogen-bond donors (Lipinski definition) is 3. The first-order valence-electron chi connectivity index (χ1n) is 7.00. The Bertz CT molecular complexity index is 888. The van der Waals surface area contributed by atoms with Gasteiger partial charge in [0.15, 0.2) is 0 Å². The third-order valence-electron chi connectivity index (χ3n) is 3.69. The first kappa shape index (κ1) is 15.4. The summed E-state index contributed by atoms with van der Waals surface area (Å²) in [5.41, 5.74) is 0. The zero-order valence-corrected chi connectivity index (χ0v) is 13.6. The lowest BCUT2D eigenvalue weighted by atomic mass is 9.94. The summed E-state index contributed by atoms with van der Waals surface area (Å²) < 4.78 is 0. The van der Waals surface area contributed by atoms with Crippen LogP contribution < -0.4 is 0 Å². The smallest absolute Gasteiger partial charge is 0.0662 e. The molecule has 0 aliphatic heterocycles. The molecule has 4 aromatic rings. The highest BCUT2D eigenvalue weighted by Crippen LogP contribution is 2.39. The van der Waals surface area contributed by atoms with Crippen molar-refractivity contribution in [1.82, 2.24) is 0 Å². The van der Waals surface area contributed by atoms with E-state index < -0.39 is 0 Å².